The molecule has 1 fully saturated rings. The molecular weight excluding hydrogens is 321 g/mol. The standard InChI is InChI=1S/C11H11BrClN3O2/c12-7-2-1-6(13)5-8(7)15-10(17)11(3-4-11)9(14)16-18/h1-2,5,18H,3-4H2,(H2,14,16)(H,15,17). The molecule has 1 saturated carbocycles. The van der Waals surface area contributed by atoms with Gasteiger partial charge in [-0.15, -0.1) is 0 Å². The van der Waals surface area contributed by atoms with E-state index in [2.05, 4.69) is 26.4 Å². The fourth-order valence-electron chi connectivity index (χ4n) is 1.66. The lowest BCUT2D eigenvalue weighted by Gasteiger charge is -2.14. The maximum Gasteiger partial charge on any atom is 0.238 e. The molecule has 0 radical (unpaired) electrons. The second kappa shape index (κ2) is 4.78. The van der Waals surface area contributed by atoms with E-state index >= 15 is 0 Å². The lowest BCUT2D eigenvalue weighted by atomic mass is 10.1. The lowest BCUT2D eigenvalue weighted by molar-refractivity contribution is -0.119. The Labute approximate surface area is 117 Å². The van der Waals surface area contributed by atoms with Crippen molar-refractivity contribution in [2.24, 2.45) is 16.3 Å². The molecule has 2 rings (SSSR count). The van der Waals surface area contributed by atoms with Gasteiger partial charge in [0.2, 0.25) is 5.91 Å². The van der Waals surface area contributed by atoms with E-state index in [4.69, 9.17) is 22.5 Å². The van der Waals surface area contributed by atoms with Crippen molar-refractivity contribution in [3.63, 3.8) is 0 Å². The molecule has 4 N–H and O–H groups in total. The number of rotatable bonds is 3. The first kappa shape index (κ1) is 13.2. The second-order valence-electron chi connectivity index (χ2n) is 4.15. The summed E-state index contributed by atoms with van der Waals surface area (Å²) in [5, 5.41) is 14.8. The summed E-state index contributed by atoms with van der Waals surface area (Å²) in [6.07, 6.45) is 1.15. The minimum atomic E-state index is -0.878. The van der Waals surface area contributed by atoms with Gasteiger partial charge in [-0.1, -0.05) is 16.8 Å². The average molecular weight is 333 g/mol. The van der Waals surface area contributed by atoms with Crippen molar-refractivity contribution in [3.8, 4) is 0 Å². The molecule has 0 aliphatic heterocycles. The van der Waals surface area contributed by atoms with Gasteiger partial charge in [0.15, 0.2) is 5.84 Å². The Bertz CT molecular complexity index is 529. The Kier molecular flexibility index (Phi) is 3.49. The van der Waals surface area contributed by atoms with Crippen molar-refractivity contribution in [1.82, 2.24) is 0 Å². The normalized spacial score (nSPS) is 17.3. The highest BCUT2D eigenvalue weighted by atomic mass is 79.9. The molecule has 0 atom stereocenters. The van der Waals surface area contributed by atoms with Gasteiger partial charge in [0.1, 0.15) is 5.41 Å². The summed E-state index contributed by atoms with van der Waals surface area (Å²) >= 11 is 9.18. The third-order valence-electron chi connectivity index (χ3n) is 2.96. The van der Waals surface area contributed by atoms with Crippen LogP contribution < -0.4 is 11.1 Å². The van der Waals surface area contributed by atoms with Crippen LogP contribution in [0, 0.1) is 5.41 Å². The van der Waals surface area contributed by atoms with Gasteiger partial charge >= 0.3 is 0 Å². The number of hydrogen-bond donors (Lipinski definition) is 3. The first-order chi connectivity index (χ1) is 8.49. The van der Waals surface area contributed by atoms with Gasteiger partial charge in [-0.2, -0.15) is 0 Å². The largest absolute Gasteiger partial charge is 0.409 e. The molecule has 0 bridgehead atoms. The van der Waals surface area contributed by atoms with Crippen molar-refractivity contribution in [2.45, 2.75) is 12.8 Å². The van der Waals surface area contributed by atoms with Crippen molar-refractivity contribution in [2.75, 3.05) is 5.32 Å². The van der Waals surface area contributed by atoms with E-state index in [1.165, 1.54) is 0 Å². The number of carbonyl (C=O) groups is 1. The Hall–Kier alpha value is -1.27. The third kappa shape index (κ3) is 2.30. The fourth-order valence-corrected chi connectivity index (χ4v) is 2.17. The number of amides is 1. The minimum absolute atomic E-state index is 0.0573. The minimum Gasteiger partial charge on any atom is -0.409 e. The highest BCUT2D eigenvalue weighted by Gasteiger charge is 2.54. The van der Waals surface area contributed by atoms with E-state index in [-0.39, 0.29) is 11.7 Å². The van der Waals surface area contributed by atoms with E-state index in [0.29, 0.717) is 23.6 Å². The second-order valence-corrected chi connectivity index (χ2v) is 5.44. The zero-order chi connectivity index (χ0) is 13.3. The highest BCUT2D eigenvalue weighted by Crippen LogP contribution is 2.47. The molecule has 5 nitrogen and oxygen atoms in total. The van der Waals surface area contributed by atoms with E-state index < -0.39 is 5.41 Å². The van der Waals surface area contributed by atoms with Gasteiger partial charge in [-0.05, 0) is 47.0 Å². The molecule has 1 aliphatic rings. The number of anilines is 1. The number of amidine groups is 1. The molecular formula is C11H11BrClN3O2. The van der Waals surface area contributed by atoms with E-state index in [1.54, 1.807) is 18.2 Å². The maximum absolute atomic E-state index is 12.1. The molecule has 0 unspecified atom stereocenters. The Morgan fingerprint density at radius 3 is 2.78 bits per heavy atom. The van der Waals surface area contributed by atoms with Crippen LogP contribution >= 0.6 is 27.5 Å². The summed E-state index contributed by atoms with van der Waals surface area (Å²) in [4.78, 5) is 12.1. The van der Waals surface area contributed by atoms with Crippen molar-refractivity contribution < 1.29 is 10.0 Å². The maximum atomic E-state index is 12.1. The first-order valence-corrected chi connectivity index (χ1v) is 6.41. The summed E-state index contributed by atoms with van der Waals surface area (Å²) in [7, 11) is 0. The van der Waals surface area contributed by atoms with Crippen LogP contribution in [0.4, 0.5) is 5.69 Å². The van der Waals surface area contributed by atoms with Gasteiger partial charge < -0.3 is 16.3 Å². The summed E-state index contributed by atoms with van der Waals surface area (Å²) in [6.45, 7) is 0. The van der Waals surface area contributed by atoms with Crippen LogP contribution in [0.25, 0.3) is 0 Å². The quantitative estimate of drug-likeness (QED) is 0.344. The van der Waals surface area contributed by atoms with E-state index in [9.17, 15) is 4.79 Å². The van der Waals surface area contributed by atoms with Gasteiger partial charge in [0.05, 0.1) is 5.69 Å². The van der Waals surface area contributed by atoms with Gasteiger partial charge in [0.25, 0.3) is 0 Å². The Morgan fingerprint density at radius 2 is 2.22 bits per heavy atom. The highest BCUT2D eigenvalue weighted by molar-refractivity contribution is 9.10. The molecule has 1 aliphatic carbocycles. The van der Waals surface area contributed by atoms with Crippen LogP contribution in [0.3, 0.4) is 0 Å². The third-order valence-corrected chi connectivity index (χ3v) is 3.89. The van der Waals surface area contributed by atoms with Gasteiger partial charge in [-0.3, -0.25) is 4.79 Å². The molecule has 1 aromatic rings. The van der Waals surface area contributed by atoms with Crippen LogP contribution in [0.5, 0.6) is 0 Å². The molecule has 1 aromatic carbocycles. The number of nitrogens with zero attached hydrogens (tertiary/aromatic N) is 1. The van der Waals surface area contributed by atoms with E-state index in [1.807, 2.05) is 0 Å². The molecule has 96 valence electrons. The monoisotopic (exact) mass is 331 g/mol. The van der Waals surface area contributed by atoms with Crippen molar-refractivity contribution in [3.05, 3.63) is 27.7 Å². The summed E-state index contributed by atoms with van der Waals surface area (Å²) in [6, 6.07) is 5.07. The Morgan fingerprint density at radius 1 is 1.56 bits per heavy atom. The number of benzene rings is 1. The number of nitrogens with two attached hydrogens (primary N) is 1. The number of hydrogen-bond acceptors (Lipinski definition) is 3. The number of oxime groups is 1. The van der Waals surface area contributed by atoms with E-state index in [0.717, 1.165) is 4.47 Å². The van der Waals surface area contributed by atoms with Crippen molar-refractivity contribution in [1.29, 1.82) is 0 Å². The molecule has 0 saturated heterocycles. The smallest absolute Gasteiger partial charge is 0.238 e. The van der Waals surface area contributed by atoms with Crippen LogP contribution in [0.2, 0.25) is 5.02 Å². The molecule has 7 heteroatoms. The van der Waals surface area contributed by atoms with Crippen LogP contribution in [-0.4, -0.2) is 17.0 Å². The molecule has 0 heterocycles. The van der Waals surface area contributed by atoms with Gasteiger partial charge in [0, 0.05) is 9.50 Å². The number of nitrogens with one attached hydrogen (secondary N) is 1. The summed E-state index contributed by atoms with van der Waals surface area (Å²) in [5.41, 5.74) is 5.22. The fraction of sp³-hybridized carbons (Fsp3) is 0.273. The number of carbonyl (C=O) groups excluding carboxylic acids is 1. The lowest BCUT2D eigenvalue weighted by Crippen LogP contribution is -2.36. The molecule has 1 amide bonds. The van der Waals surface area contributed by atoms with Crippen LogP contribution in [0.15, 0.2) is 27.8 Å². The van der Waals surface area contributed by atoms with Gasteiger partial charge in [-0.25, -0.2) is 0 Å². The molecule has 18 heavy (non-hydrogen) atoms. The van der Waals surface area contributed by atoms with Crippen molar-refractivity contribution >= 4 is 45.0 Å². The average Bonchev–Trinajstić information content (AvgIpc) is 3.14. The Balaban J connectivity index is 2.20. The molecule has 0 aromatic heterocycles. The summed E-state index contributed by atoms with van der Waals surface area (Å²) < 4.78 is 0.718. The predicted octanol–water partition coefficient (Wildman–Crippen LogP) is 2.57. The zero-order valence-corrected chi connectivity index (χ0v) is 11.6. The first-order valence-electron chi connectivity index (χ1n) is 5.24. The topological polar surface area (TPSA) is 87.7 Å². The zero-order valence-electron chi connectivity index (χ0n) is 9.28. The summed E-state index contributed by atoms with van der Waals surface area (Å²) in [5.74, 6) is -0.348. The SMILES string of the molecule is N/C(=N/O)C1(C(=O)Nc2cc(Cl)ccc2Br)CC1. The van der Waals surface area contributed by atoms with Crippen LogP contribution in [0.1, 0.15) is 12.8 Å². The molecule has 0 spiro atoms. The number of halogens is 2. The predicted molar refractivity (Wildman–Crippen MR) is 72.9 cm³/mol. The van der Waals surface area contributed by atoms with Crippen LogP contribution in [-0.2, 0) is 4.79 Å².